The second kappa shape index (κ2) is 11.6. The Bertz CT molecular complexity index is 875. The van der Waals surface area contributed by atoms with E-state index < -0.39 is 23.7 Å². The molecule has 1 aromatic rings. The van der Waals surface area contributed by atoms with Crippen molar-refractivity contribution in [2.24, 2.45) is 11.8 Å². The van der Waals surface area contributed by atoms with Crippen molar-refractivity contribution in [2.45, 2.75) is 84.0 Å². The predicted octanol–water partition coefficient (Wildman–Crippen LogP) is 2.76. The third-order valence-electron chi connectivity index (χ3n) is 7.36. The van der Waals surface area contributed by atoms with Crippen LogP contribution in [0.5, 0.6) is 0 Å². The summed E-state index contributed by atoms with van der Waals surface area (Å²) in [5.74, 6) is -1.51. The molecule has 192 valence electrons. The summed E-state index contributed by atoms with van der Waals surface area (Å²) in [4.78, 5) is 45.7. The number of carboxylic acid groups (broad SMARTS) is 1. The highest BCUT2D eigenvalue weighted by atomic mass is 32.1. The maximum Gasteiger partial charge on any atom is 0.355 e. The van der Waals surface area contributed by atoms with Gasteiger partial charge in [0.25, 0.3) is 0 Å². The number of rotatable bonds is 11. The zero-order valence-corrected chi connectivity index (χ0v) is 22.2. The van der Waals surface area contributed by atoms with E-state index in [-0.39, 0.29) is 41.8 Å². The highest BCUT2D eigenvalue weighted by Gasteiger charge is 2.43. The third kappa shape index (κ3) is 6.14. The molecule has 0 aliphatic carbocycles. The number of carbonyl (C=O) groups excluding carboxylic acids is 2. The van der Waals surface area contributed by atoms with Crippen LogP contribution in [0.1, 0.15) is 81.9 Å². The number of carboxylic acids is 1. The fourth-order valence-electron chi connectivity index (χ4n) is 4.49. The van der Waals surface area contributed by atoms with Crippen molar-refractivity contribution in [3.8, 4) is 0 Å². The largest absolute Gasteiger partial charge is 0.476 e. The van der Waals surface area contributed by atoms with Crippen molar-refractivity contribution in [3.63, 3.8) is 0 Å². The number of hydrogen-bond acceptors (Lipinski definition) is 7. The van der Waals surface area contributed by atoms with Gasteiger partial charge in [-0.25, -0.2) is 9.78 Å². The molecule has 2 heterocycles. The van der Waals surface area contributed by atoms with Gasteiger partial charge in [-0.2, -0.15) is 0 Å². The number of likely N-dealkylation sites (N-methyl/N-ethyl adjacent to an activating group) is 2. The van der Waals surface area contributed by atoms with Crippen molar-refractivity contribution in [1.82, 2.24) is 20.1 Å². The number of likely N-dealkylation sites (tertiary alicyclic amines) is 1. The molecular formula is C24H40N4O5S. The highest BCUT2D eigenvalue weighted by Crippen LogP contribution is 2.30. The van der Waals surface area contributed by atoms with Crippen LogP contribution in [0.3, 0.4) is 0 Å². The van der Waals surface area contributed by atoms with Gasteiger partial charge >= 0.3 is 5.97 Å². The summed E-state index contributed by atoms with van der Waals surface area (Å²) in [6, 6.07) is -1.00. The molecule has 0 saturated carbocycles. The van der Waals surface area contributed by atoms with Gasteiger partial charge in [-0.15, -0.1) is 11.3 Å². The number of amides is 2. The molecule has 4 unspecified atom stereocenters. The first kappa shape index (κ1) is 28.2. The van der Waals surface area contributed by atoms with Gasteiger partial charge in [0.05, 0.1) is 5.54 Å². The molecule has 0 spiro atoms. The van der Waals surface area contributed by atoms with E-state index in [4.69, 9.17) is 5.11 Å². The van der Waals surface area contributed by atoms with Crippen molar-refractivity contribution in [2.75, 3.05) is 20.6 Å². The lowest BCUT2D eigenvalue weighted by Crippen LogP contribution is -2.60. The standard InChI is InChI=1S/C24H40N4O5S/c1-8-15(4)19(26-23(33)24(5)10-9-11-27(24)6)21(30)28(7)17(14(2)3)12-18(29)20-25-16(13-34-20)22(31)32/h13-15,17-19,29H,8-12H2,1-7H3,(H,26,33)(H,31,32)/t15?,17?,18?,19?,24-/m1/s1. The van der Waals surface area contributed by atoms with E-state index in [1.807, 2.05) is 46.6 Å². The fourth-order valence-corrected chi connectivity index (χ4v) is 5.28. The van der Waals surface area contributed by atoms with Crippen LogP contribution in [-0.4, -0.2) is 81.0 Å². The zero-order chi connectivity index (χ0) is 25.8. The molecule has 0 bridgehead atoms. The number of nitrogens with zero attached hydrogens (tertiary/aromatic N) is 3. The van der Waals surface area contributed by atoms with Gasteiger partial charge in [0.2, 0.25) is 11.8 Å². The highest BCUT2D eigenvalue weighted by molar-refractivity contribution is 7.09. The van der Waals surface area contributed by atoms with Gasteiger partial charge in [0.1, 0.15) is 17.2 Å². The Morgan fingerprint density at radius 3 is 2.44 bits per heavy atom. The summed E-state index contributed by atoms with van der Waals surface area (Å²) in [7, 11) is 3.64. The molecule has 9 nitrogen and oxygen atoms in total. The number of hydrogen-bond donors (Lipinski definition) is 3. The second-order valence-electron chi connectivity index (χ2n) is 10.0. The van der Waals surface area contributed by atoms with E-state index in [9.17, 15) is 19.5 Å². The fraction of sp³-hybridized carbons (Fsp3) is 0.750. The van der Waals surface area contributed by atoms with Gasteiger partial charge < -0.3 is 20.4 Å². The minimum absolute atomic E-state index is 0.0225. The molecule has 2 amide bonds. The van der Waals surface area contributed by atoms with Crippen molar-refractivity contribution < 1.29 is 24.6 Å². The van der Waals surface area contributed by atoms with E-state index in [1.165, 1.54) is 5.38 Å². The van der Waals surface area contributed by atoms with Crippen LogP contribution in [0.25, 0.3) is 0 Å². The molecule has 0 radical (unpaired) electrons. The van der Waals surface area contributed by atoms with Crippen LogP contribution in [0, 0.1) is 11.8 Å². The Hall–Kier alpha value is -2.04. The monoisotopic (exact) mass is 496 g/mol. The summed E-state index contributed by atoms with van der Waals surface area (Å²) >= 11 is 1.09. The number of carbonyl (C=O) groups is 3. The van der Waals surface area contributed by atoms with E-state index in [1.54, 1.807) is 11.9 Å². The molecule has 1 fully saturated rings. The lowest BCUT2D eigenvalue weighted by molar-refractivity contribution is -0.142. The minimum Gasteiger partial charge on any atom is -0.476 e. The molecule has 3 N–H and O–H groups in total. The second-order valence-corrected chi connectivity index (χ2v) is 10.9. The lowest BCUT2D eigenvalue weighted by Gasteiger charge is -2.38. The molecule has 34 heavy (non-hydrogen) atoms. The maximum atomic E-state index is 13.7. The zero-order valence-electron chi connectivity index (χ0n) is 21.4. The van der Waals surface area contributed by atoms with Crippen LogP contribution in [0.4, 0.5) is 0 Å². The van der Waals surface area contributed by atoms with Crippen LogP contribution >= 0.6 is 11.3 Å². The quantitative estimate of drug-likeness (QED) is 0.430. The SMILES string of the molecule is CCC(C)C(NC(=O)[C@@]1(C)CCCN1C)C(=O)N(C)C(CC(O)c1nc(C(=O)O)cs1)C(C)C. The Kier molecular flexibility index (Phi) is 9.62. The summed E-state index contributed by atoms with van der Waals surface area (Å²) in [5.41, 5.74) is -0.736. The Morgan fingerprint density at radius 1 is 1.32 bits per heavy atom. The molecule has 10 heteroatoms. The average Bonchev–Trinajstić information content (AvgIpc) is 3.41. The van der Waals surface area contributed by atoms with Crippen LogP contribution in [-0.2, 0) is 9.59 Å². The summed E-state index contributed by atoms with van der Waals surface area (Å²) in [5, 5.41) is 24.6. The lowest BCUT2D eigenvalue weighted by atomic mass is 9.91. The number of nitrogens with one attached hydrogen (secondary N) is 1. The minimum atomic E-state index is -1.14. The molecule has 0 aromatic carbocycles. The Labute approximate surface area is 206 Å². The smallest absolute Gasteiger partial charge is 0.355 e. The molecule has 1 aliphatic heterocycles. The summed E-state index contributed by atoms with van der Waals surface area (Å²) < 4.78 is 0. The van der Waals surface area contributed by atoms with Crippen LogP contribution in [0.15, 0.2) is 5.38 Å². The van der Waals surface area contributed by atoms with E-state index in [0.717, 1.165) is 37.1 Å². The molecule has 1 aliphatic rings. The van der Waals surface area contributed by atoms with Crippen LogP contribution in [0.2, 0.25) is 0 Å². The number of aromatic carboxylic acids is 1. The normalized spacial score (nSPS) is 22.3. The van der Waals surface area contributed by atoms with Gasteiger partial charge in [-0.1, -0.05) is 34.1 Å². The molecule has 2 rings (SSSR count). The first-order valence-electron chi connectivity index (χ1n) is 12.0. The van der Waals surface area contributed by atoms with Gasteiger partial charge in [-0.3, -0.25) is 14.5 Å². The van der Waals surface area contributed by atoms with E-state index >= 15 is 0 Å². The Balaban J connectivity index is 2.20. The average molecular weight is 497 g/mol. The molecule has 1 aromatic heterocycles. The molecular weight excluding hydrogens is 456 g/mol. The van der Waals surface area contributed by atoms with E-state index in [2.05, 4.69) is 10.3 Å². The predicted molar refractivity (Wildman–Crippen MR) is 132 cm³/mol. The molecule has 1 saturated heterocycles. The topological polar surface area (TPSA) is 123 Å². The van der Waals surface area contributed by atoms with Gasteiger partial charge in [0, 0.05) is 24.9 Å². The van der Waals surface area contributed by atoms with Crippen LogP contribution < -0.4 is 5.32 Å². The summed E-state index contributed by atoms with van der Waals surface area (Å²) in [6.45, 7) is 10.7. The number of thiazole rings is 1. The van der Waals surface area contributed by atoms with Crippen molar-refractivity contribution in [3.05, 3.63) is 16.1 Å². The molecule has 5 atom stereocenters. The van der Waals surface area contributed by atoms with Gasteiger partial charge in [0.15, 0.2) is 5.69 Å². The maximum absolute atomic E-state index is 13.7. The number of aromatic nitrogens is 1. The summed E-state index contributed by atoms with van der Waals surface area (Å²) in [6.07, 6.45) is 1.63. The van der Waals surface area contributed by atoms with Gasteiger partial charge in [-0.05, 0) is 45.2 Å². The first-order valence-corrected chi connectivity index (χ1v) is 12.9. The van der Waals surface area contributed by atoms with E-state index in [0.29, 0.717) is 5.01 Å². The number of aliphatic hydroxyl groups is 1. The Morgan fingerprint density at radius 2 is 1.97 bits per heavy atom. The third-order valence-corrected chi connectivity index (χ3v) is 8.31. The number of aliphatic hydroxyl groups excluding tert-OH is 1. The van der Waals surface area contributed by atoms with Crippen molar-refractivity contribution >= 4 is 29.1 Å². The first-order chi connectivity index (χ1) is 15.8. The van der Waals surface area contributed by atoms with Crippen molar-refractivity contribution in [1.29, 1.82) is 0 Å².